The molecule has 0 aliphatic heterocycles. The first-order chi connectivity index (χ1) is 8.31. The van der Waals surface area contributed by atoms with Crippen molar-refractivity contribution in [3.8, 4) is 0 Å². The molecule has 0 aromatic heterocycles. The van der Waals surface area contributed by atoms with E-state index in [9.17, 15) is 0 Å². The second-order valence-electron chi connectivity index (χ2n) is 5.39. The predicted molar refractivity (Wildman–Crippen MR) is 74.2 cm³/mol. The molecule has 1 saturated carbocycles. The Balaban J connectivity index is 1.90. The van der Waals surface area contributed by atoms with Gasteiger partial charge in [0.25, 0.3) is 0 Å². The minimum Gasteiger partial charge on any atom is -0.310 e. The van der Waals surface area contributed by atoms with Gasteiger partial charge in [0.2, 0.25) is 0 Å². The molecule has 1 aromatic carbocycles. The van der Waals surface area contributed by atoms with Gasteiger partial charge >= 0.3 is 0 Å². The highest BCUT2D eigenvalue weighted by molar-refractivity contribution is 5.25. The van der Waals surface area contributed by atoms with E-state index >= 15 is 0 Å². The molecule has 1 aliphatic carbocycles. The molecule has 1 fully saturated rings. The lowest BCUT2D eigenvalue weighted by molar-refractivity contribution is 0.469. The Morgan fingerprint density at radius 3 is 2.47 bits per heavy atom. The first kappa shape index (κ1) is 12.6. The number of aryl methyl sites for hydroxylation is 1. The Morgan fingerprint density at radius 2 is 1.88 bits per heavy atom. The molecule has 94 valence electrons. The zero-order chi connectivity index (χ0) is 12.1. The molecule has 2 rings (SSSR count). The third-order valence-corrected chi connectivity index (χ3v) is 3.67. The maximum atomic E-state index is 3.75. The topological polar surface area (TPSA) is 12.0 Å². The molecular formula is C16H25N. The van der Waals surface area contributed by atoms with Crippen molar-refractivity contribution in [3.05, 3.63) is 35.4 Å². The summed E-state index contributed by atoms with van der Waals surface area (Å²) in [7, 11) is 0. The Kier molecular flexibility index (Phi) is 4.61. The van der Waals surface area contributed by atoms with Crippen LogP contribution in [0.4, 0.5) is 0 Å². The summed E-state index contributed by atoms with van der Waals surface area (Å²) >= 11 is 0. The van der Waals surface area contributed by atoms with Gasteiger partial charge in [0, 0.05) is 6.04 Å². The van der Waals surface area contributed by atoms with E-state index in [4.69, 9.17) is 0 Å². The molecule has 1 aliphatic rings. The van der Waals surface area contributed by atoms with Gasteiger partial charge in [-0.15, -0.1) is 0 Å². The normalized spacial score (nSPS) is 17.1. The molecule has 17 heavy (non-hydrogen) atoms. The lowest BCUT2D eigenvalue weighted by Crippen LogP contribution is -2.24. The fraction of sp³-hybridized carbons (Fsp3) is 0.625. The highest BCUT2D eigenvalue weighted by atomic mass is 14.9. The third kappa shape index (κ3) is 3.85. The van der Waals surface area contributed by atoms with E-state index in [1.165, 1.54) is 49.8 Å². The molecule has 0 amide bonds. The average molecular weight is 231 g/mol. The van der Waals surface area contributed by atoms with Gasteiger partial charge in [0.1, 0.15) is 0 Å². The van der Waals surface area contributed by atoms with E-state index in [1.54, 1.807) is 0 Å². The molecule has 1 nitrogen and oxygen atoms in total. The van der Waals surface area contributed by atoms with Crippen LogP contribution < -0.4 is 5.32 Å². The van der Waals surface area contributed by atoms with Gasteiger partial charge in [-0.25, -0.2) is 0 Å². The Morgan fingerprint density at radius 1 is 1.18 bits per heavy atom. The van der Waals surface area contributed by atoms with Gasteiger partial charge in [0.15, 0.2) is 0 Å². The van der Waals surface area contributed by atoms with Crippen LogP contribution in [-0.2, 0) is 0 Å². The molecule has 0 spiro atoms. The molecular weight excluding hydrogens is 206 g/mol. The molecule has 0 saturated heterocycles. The average Bonchev–Trinajstić information content (AvgIpc) is 3.15. The highest BCUT2D eigenvalue weighted by Crippen LogP contribution is 2.40. The third-order valence-electron chi connectivity index (χ3n) is 3.67. The molecule has 1 aromatic rings. The quantitative estimate of drug-likeness (QED) is 0.693. The summed E-state index contributed by atoms with van der Waals surface area (Å²) in [5.74, 6) is 0.888. The van der Waals surface area contributed by atoms with Crippen LogP contribution in [-0.4, -0.2) is 6.54 Å². The Hall–Kier alpha value is -0.820. The van der Waals surface area contributed by atoms with E-state index < -0.39 is 0 Å². The van der Waals surface area contributed by atoms with E-state index in [2.05, 4.69) is 43.4 Å². The largest absolute Gasteiger partial charge is 0.310 e. The predicted octanol–water partition coefficient (Wildman–Crippen LogP) is 4.23. The van der Waals surface area contributed by atoms with Gasteiger partial charge in [-0.05, 0) is 44.2 Å². The summed E-state index contributed by atoms with van der Waals surface area (Å²) < 4.78 is 0. The summed E-state index contributed by atoms with van der Waals surface area (Å²) in [6.07, 6.45) is 6.77. The van der Waals surface area contributed by atoms with Gasteiger partial charge < -0.3 is 5.32 Å². The number of nitrogens with one attached hydrogen (secondary N) is 1. The fourth-order valence-electron chi connectivity index (χ4n) is 2.39. The second-order valence-corrected chi connectivity index (χ2v) is 5.39. The monoisotopic (exact) mass is 231 g/mol. The summed E-state index contributed by atoms with van der Waals surface area (Å²) in [6.45, 7) is 5.59. The SMILES string of the molecule is CCCCCNC(c1ccc(C)cc1)C1CC1. The molecule has 1 unspecified atom stereocenters. The number of hydrogen-bond acceptors (Lipinski definition) is 1. The van der Waals surface area contributed by atoms with E-state index in [0.29, 0.717) is 6.04 Å². The van der Waals surface area contributed by atoms with E-state index in [-0.39, 0.29) is 0 Å². The standard InChI is InChI=1S/C16H25N/c1-3-4-5-12-17-16(15-10-11-15)14-8-6-13(2)7-9-14/h6-9,15-17H,3-5,10-12H2,1-2H3. The summed E-state index contributed by atoms with van der Waals surface area (Å²) in [5, 5.41) is 3.75. The molecule has 0 heterocycles. The van der Waals surface area contributed by atoms with Gasteiger partial charge in [-0.3, -0.25) is 0 Å². The zero-order valence-electron chi connectivity index (χ0n) is 11.2. The van der Waals surface area contributed by atoms with Crippen molar-refractivity contribution in [2.24, 2.45) is 5.92 Å². The minimum absolute atomic E-state index is 0.604. The van der Waals surface area contributed by atoms with Crippen LogP contribution in [0, 0.1) is 12.8 Å². The molecule has 1 atom stereocenters. The van der Waals surface area contributed by atoms with Crippen LogP contribution >= 0.6 is 0 Å². The maximum Gasteiger partial charge on any atom is 0.0348 e. The summed E-state index contributed by atoms with van der Waals surface area (Å²) in [5.41, 5.74) is 2.84. The first-order valence-corrected chi connectivity index (χ1v) is 7.11. The smallest absolute Gasteiger partial charge is 0.0348 e. The van der Waals surface area contributed by atoms with Crippen LogP contribution in [0.1, 0.15) is 56.2 Å². The van der Waals surface area contributed by atoms with Gasteiger partial charge in [-0.2, -0.15) is 0 Å². The maximum absolute atomic E-state index is 3.75. The van der Waals surface area contributed by atoms with Crippen molar-refractivity contribution in [2.75, 3.05) is 6.54 Å². The van der Waals surface area contributed by atoms with Crippen molar-refractivity contribution in [1.29, 1.82) is 0 Å². The van der Waals surface area contributed by atoms with Gasteiger partial charge in [0.05, 0.1) is 0 Å². The van der Waals surface area contributed by atoms with E-state index in [1.807, 2.05) is 0 Å². The van der Waals surface area contributed by atoms with Crippen LogP contribution in [0.5, 0.6) is 0 Å². The zero-order valence-corrected chi connectivity index (χ0v) is 11.2. The van der Waals surface area contributed by atoms with Gasteiger partial charge in [-0.1, -0.05) is 49.6 Å². The van der Waals surface area contributed by atoms with Crippen molar-refractivity contribution >= 4 is 0 Å². The highest BCUT2D eigenvalue weighted by Gasteiger charge is 2.31. The Labute approximate surface area is 106 Å². The van der Waals surface area contributed by atoms with Crippen LogP contribution in [0.2, 0.25) is 0 Å². The van der Waals surface area contributed by atoms with Crippen LogP contribution in [0.25, 0.3) is 0 Å². The number of unbranched alkanes of at least 4 members (excludes halogenated alkanes) is 2. The lowest BCUT2D eigenvalue weighted by Gasteiger charge is -2.19. The Bertz CT molecular complexity index is 324. The van der Waals surface area contributed by atoms with E-state index in [0.717, 1.165) is 5.92 Å². The minimum atomic E-state index is 0.604. The summed E-state index contributed by atoms with van der Waals surface area (Å²) in [6, 6.07) is 9.67. The van der Waals surface area contributed by atoms with Crippen molar-refractivity contribution in [2.45, 2.75) is 52.0 Å². The molecule has 1 heteroatoms. The number of rotatable bonds is 7. The second kappa shape index (κ2) is 6.20. The first-order valence-electron chi connectivity index (χ1n) is 7.11. The van der Waals surface area contributed by atoms with Crippen molar-refractivity contribution < 1.29 is 0 Å². The number of benzene rings is 1. The number of hydrogen-bond donors (Lipinski definition) is 1. The van der Waals surface area contributed by atoms with Crippen LogP contribution in [0.3, 0.4) is 0 Å². The summed E-state index contributed by atoms with van der Waals surface area (Å²) in [4.78, 5) is 0. The molecule has 0 radical (unpaired) electrons. The molecule has 1 N–H and O–H groups in total. The molecule has 0 bridgehead atoms. The lowest BCUT2D eigenvalue weighted by atomic mass is 10.0. The van der Waals surface area contributed by atoms with Crippen molar-refractivity contribution in [3.63, 3.8) is 0 Å². The van der Waals surface area contributed by atoms with Crippen molar-refractivity contribution in [1.82, 2.24) is 5.32 Å². The van der Waals surface area contributed by atoms with Crippen LogP contribution in [0.15, 0.2) is 24.3 Å². The fourth-order valence-corrected chi connectivity index (χ4v) is 2.39.